The molecule has 0 unspecified atom stereocenters. The maximum absolute atomic E-state index is 13.7. The first-order valence-corrected chi connectivity index (χ1v) is 12.6. The minimum absolute atomic E-state index is 0.0437. The smallest absolute Gasteiger partial charge is 0.239 e. The monoisotopic (exact) mass is 596 g/mol. The maximum atomic E-state index is 13.7. The van der Waals surface area contributed by atoms with E-state index in [0.717, 1.165) is 24.3 Å². The third-order valence-electron chi connectivity index (χ3n) is 6.96. The summed E-state index contributed by atoms with van der Waals surface area (Å²) in [6, 6.07) is 5.21. The normalized spacial score (nSPS) is 31.7. The highest BCUT2D eigenvalue weighted by molar-refractivity contribution is 5.88. The van der Waals surface area contributed by atoms with Crippen molar-refractivity contribution < 1.29 is 74.4 Å². The Kier molecular flexibility index (Phi) is 8.17. The van der Waals surface area contributed by atoms with Gasteiger partial charge in [-0.2, -0.15) is 0 Å². The van der Waals surface area contributed by atoms with Crippen LogP contribution < -0.4 is 10.2 Å². The second kappa shape index (κ2) is 11.5. The molecule has 2 aromatic carbocycles. The van der Waals surface area contributed by atoms with Gasteiger partial charge in [-0.05, 0) is 18.2 Å². The van der Waals surface area contributed by atoms with E-state index in [9.17, 15) is 55.9 Å². The van der Waals surface area contributed by atoms with E-state index >= 15 is 0 Å². The Bertz CT molecular complexity index is 1510. The Morgan fingerprint density at radius 3 is 2.26 bits per heavy atom. The van der Waals surface area contributed by atoms with Crippen LogP contribution in [0.5, 0.6) is 28.7 Å². The zero-order chi connectivity index (χ0) is 30.5. The molecule has 0 saturated carbocycles. The summed E-state index contributed by atoms with van der Waals surface area (Å²) in [6.07, 6.45) is -15.5. The van der Waals surface area contributed by atoms with Crippen molar-refractivity contribution in [2.45, 2.75) is 55.3 Å². The summed E-state index contributed by atoms with van der Waals surface area (Å²) in [4.78, 5) is 13.7. The second-order valence-corrected chi connectivity index (χ2v) is 9.81. The Morgan fingerprint density at radius 2 is 1.57 bits per heavy atom. The predicted molar refractivity (Wildman–Crippen MR) is 136 cm³/mol. The molecule has 228 valence electrons. The lowest BCUT2D eigenvalue weighted by Gasteiger charge is -2.44. The average molecular weight is 596 g/mol. The van der Waals surface area contributed by atoms with Gasteiger partial charge in [-0.15, -0.1) is 0 Å². The largest absolute Gasteiger partial charge is 0.508 e. The number of benzene rings is 2. The molecule has 9 atom stereocenters. The van der Waals surface area contributed by atoms with E-state index < -0.39 is 114 Å². The van der Waals surface area contributed by atoms with Gasteiger partial charge in [-0.3, -0.25) is 4.79 Å². The molecule has 10 N–H and O–H groups in total. The summed E-state index contributed by atoms with van der Waals surface area (Å²) in [5.74, 6) is -3.39. The molecule has 3 heterocycles. The molecule has 2 aliphatic rings. The number of hydrogen-bond donors (Lipinski definition) is 10. The molecule has 16 heteroatoms. The van der Waals surface area contributed by atoms with E-state index in [1.54, 1.807) is 0 Å². The number of aliphatic hydroxyl groups excluding tert-OH is 6. The van der Waals surface area contributed by atoms with Crippen molar-refractivity contribution in [1.29, 1.82) is 0 Å². The van der Waals surface area contributed by atoms with Crippen LogP contribution in [0.3, 0.4) is 0 Å². The van der Waals surface area contributed by atoms with Gasteiger partial charge in [0, 0.05) is 17.7 Å². The Hall–Kier alpha value is -3.71. The predicted octanol–water partition coefficient (Wildman–Crippen LogP) is -2.08. The Balaban J connectivity index is 1.62. The highest BCUT2D eigenvalue weighted by Gasteiger charge is 2.50. The number of rotatable bonds is 6. The van der Waals surface area contributed by atoms with Gasteiger partial charge in [0.1, 0.15) is 59.1 Å². The van der Waals surface area contributed by atoms with E-state index in [-0.39, 0.29) is 11.1 Å². The molecule has 3 aromatic rings. The van der Waals surface area contributed by atoms with Crippen LogP contribution in [0.2, 0.25) is 0 Å². The number of hydrogen-bond acceptors (Lipinski definition) is 16. The van der Waals surface area contributed by atoms with Crippen molar-refractivity contribution in [3.8, 4) is 40.1 Å². The van der Waals surface area contributed by atoms with E-state index in [2.05, 4.69) is 0 Å². The average Bonchev–Trinajstić information content (AvgIpc) is 2.94. The first-order valence-electron chi connectivity index (χ1n) is 12.6. The molecule has 2 fully saturated rings. The number of fused-ring (bicyclic) bond motifs is 1. The quantitative estimate of drug-likeness (QED) is 0.137. The van der Waals surface area contributed by atoms with Crippen LogP contribution in [0.15, 0.2) is 39.5 Å². The van der Waals surface area contributed by atoms with Crippen LogP contribution in [-0.2, 0) is 14.2 Å². The Labute approximate surface area is 235 Å². The van der Waals surface area contributed by atoms with Crippen LogP contribution in [0.4, 0.5) is 0 Å². The SMILES string of the molecule is O=c1c(O[C@@H]2O[C@H](CO)[C@@H](O)[C@H](O)[C@H]2O[C@@H]2OC[C@H](O)[C@H](O)[C@H]2O)c(-c2ccc(O)c(O)c2)oc2cc(O)cc(O)c12. The fourth-order valence-corrected chi connectivity index (χ4v) is 4.70. The molecule has 16 nitrogen and oxygen atoms in total. The zero-order valence-electron chi connectivity index (χ0n) is 21.4. The lowest BCUT2D eigenvalue weighted by atomic mass is 9.98. The van der Waals surface area contributed by atoms with Crippen molar-refractivity contribution in [2.75, 3.05) is 13.2 Å². The fourth-order valence-electron chi connectivity index (χ4n) is 4.70. The molecule has 0 aliphatic carbocycles. The van der Waals surface area contributed by atoms with Crippen LogP contribution >= 0.6 is 0 Å². The molecule has 0 radical (unpaired) electrons. The van der Waals surface area contributed by atoms with Crippen molar-refractivity contribution in [3.05, 3.63) is 40.6 Å². The summed E-state index contributed by atoms with van der Waals surface area (Å²) in [5, 5.41) is 101. The third kappa shape index (κ3) is 5.31. The number of phenolic OH excluding ortho intramolecular Hbond substituents is 4. The molecule has 0 spiro atoms. The first-order chi connectivity index (χ1) is 19.9. The number of phenols is 4. The summed E-state index contributed by atoms with van der Waals surface area (Å²) in [7, 11) is 0. The number of aromatic hydroxyl groups is 4. The van der Waals surface area contributed by atoms with Gasteiger partial charge in [0.15, 0.2) is 29.7 Å². The summed E-state index contributed by atoms with van der Waals surface area (Å²) >= 11 is 0. The van der Waals surface area contributed by atoms with Gasteiger partial charge in [0.05, 0.1) is 13.2 Å². The summed E-state index contributed by atoms with van der Waals surface area (Å²) < 4.78 is 28.0. The number of aliphatic hydroxyl groups is 6. The zero-order valence-corrected chi connectivity index (χ0v) is 21.4. The van der Waals surface area contributed by atoms with Crippen molar-refractivity contribution in [3.63, 3.8) is 0 Å². The minimum Gasteiger partial charge on any atom is -0.508 e. The van der Waals surface area contributed by atoms with Crippen LogP contribution in [0, 0.1) is 0 Å². The van der Waals surface area contributed by atoms with Crippen molar-refractivity contribution in [1.82, 2.24) is 0 Å². The van der Waals surface area contributed by atoms with Crippen molar-refractivity contribution >= 4 is 11.0 Å². The molecule has 5 rings (SSSR count). The molecular formula is C26H28O16. The molecule has 42 heavy (non-hydrogen) atoms. The number of ether oxygens (including phenoxy) is 4. The molecule has 0 bridgehead atoms. The third-order valence-corrected chi connectivity index (χ3v) is 6.96. The highest BCUT2D eigenvalue weighted by atomic mass is 16.8. The van der Waals surface area contributed by atoms with Crippen LogP contribution in [0.1, 0.15) is 0 Å². The van der Waals surface area contributed by atoms with E-state index in [4.69, 9.17) is 23.4 Å². The van der Waals surface area contributed by atoms with E-state index in [1.807, 2.05) is 0 Å². The van der Waals surface area contributed by atoms with Crippen LogP contribution in [0.25, 0.3) is 22.3 Å². The van der Waals surface area contributed by atoms with E-state index in [1.165, 1.54) is 6.07 Å². The van der Waals surface area contributed by atoms with Crippen LogP contribution in [-0.4, -0.2) is 120 Å². The van der Waals surface area contributed by atoms with Crippen molar-refractivity contribution in [2.24, 2.45) is 0 Å². The lowest BCUT2D eigenvalue weighted by molar-refractivity contribution is -0.345. The molecule has 1 aromatic heterocycles. The molecule has 2 saturated heterocycles. The summed E-state index contributed by atoms with van der Waals surface area (Å²) in [6.45, 7) is -1.31. The van der Waals surface area contributed by atoms with Gasteiger partial charge >= 0.3 is 0 Å². The second-order valence-electron chi connectivity index (χ2n) is 9.81. The van der Waals surface area contributed by atoms with E-state index in [0.29, 0.717) is 0 Å². The van der Waals surface area contributed by atoms with Gasteiger partial charge in [0.25, 0.3) is 0 Å². The van der Waals surface area contributed by atoms with Gasteiger partial charge in [0.2, 0.25) is 17.5 Å². The highest BCUT2D eigenvalue weighted by Crippen LogP contribution is 2.40. The lowest BCUT2D eigenvalue weighted by Crippen LogP contribution is -2.64. The van der Waals surface area contributed by atoms with Gasteiger partial charge in [-0.25, -0.2) is 0 Å². The standard InChI is InChI=1S/C26H28O16/c27-6-15-18(34)20(36)24(42-25-21(37)17(33)13(32)7-38-25)26(40-15)41-23-19(35)16-12(31)4-9(28)5-14(16)39-22(23)8-1-2-10(29)11(30)3-8/h1-5,13,15,17-18,20-21,24-34,36-37H,6-7H2/t13-,15+,17-,18+,20-,21+,24+,25-,26-/m0/s1. The first kappa shape index (κ1) is 29.8. The molecular weight excluding hydrogens is 568 g/mol. The Morgan fingerprint density at radius 1 is 0.833 bits per heavy atom. The molecule has 0 amide bonds. The molecule has 2 aliphatic heterocycles. The maximum Gasteiger partial charge on any atom is 0.239 e. The minimum atomic E-state index is -1.90. The summed E-state index contributed by atoms with van der Waals surface area (Å²) in [5.41, 5.74) is -1.38. The fraction of sp³-hybridized carbons (Fsp3) is 0.423. The topological polar surface area (TPSA) is 269 Å². The van der Waals surface area contributed by atoms with Gasteiger partial charge < -0.3 is 74.4 Å². The van der Waals surface area contributed by atoms with Gasteiger partial charge in [-0.1, -0.05) is 0 Å².